The Labute approximate surface area is 132 Å². The second kappa shape index (κ2) is 6.98. The first-order chi connectivity index (χ1) is 9.66. The first-order valence-electron chi connectivity index (χ1n) is 8.77. The van der Waals surface area contributed by atoms with Crippen molar-refractivity contribution in [2.45, 2.75) is 92.2 Å². The smallest absolute Gasteiger partial charge is 0.232 e. The van der Waals surface area contributed by atoms with Crippen molar-refractivity contribution in [3.8, 4) is 0 Å². The van der Waals surface area contributed by atoms with Crippen molar-refractivity contribution in [3.05, 3.63) is 18.7 Å². The van der Waals surface area contributed by atoms with Crippen LogP contribution in [-0.4, -0.2) is 4.57 Å². The molecule has 1 rings (SSSR count). The molecule has 1 aromatic heterocycles. The molecular formula is C19H37N2+. The van der Waals surface area contributed by atoms with E-state index in [9.17, 15) is 0 Å². The Balaban J connectivity index is 3.08. The molecule has 0 aromatic carbocycles. The van der Waals surface area contributed by atoms with Gasteiger partial charge in [-0.05, 0) is 51.4 Å². The Kier molecular flexibility index (Phi) is 6.07. The molecule has 0 spiro atoms. The van der Waals surface area contributed by atoms with Crippen LogP contribution in [0, 0.1) is 11.8 Å². The van der Waals surface area contributed by atoms with E-state index in [2.05, 4.69) is 83.2 Å². The third-order valence-electron chi connectivity index (χ3n) is 5.10. The van der Waals surface area contributed by atoms with Gasteiger partial charge in [0.25, 0.3) is 0 Å². The zero-order valence-corrected chi connectivity index (χ0v) is 15.6. The number of hydrogen-bond donors (Lipinski definition) is 0. The number of aromatic nitrogens is 2. The van der Waals surface area contributed by atoms with Gasteiger partial charge in [-0.25, -0.2) is 9.13 Å². The van der Waals surface area contributed by atoms with Crippen LogP contribution in [-0.2, 0) is 11.1 Å². The van der Waals surface area contributed by atoms with E-state index in [1.165, 1.54) is 25.7 Å². The second-order valence-corrected chi connectivity index (χ2v) is 8.13. The van der Waals surface area contributed by atoms with Crippen LogP contribution in [0.2, 0.25) is 0 Å². The van der Waals surface area contributed by atoms with Gasteiger partial charge in [0.1, 0.15) is 23.5 Å². The lowest BCUT2D eigenvalue weighted by atomic mass is 9.88. The fraction of sp³-hybridized carbons (Fsp3) is 0.842. The molecular weight excluding hydrogens is 256 g/mol. The van der Waals surface area contributed by atoms with E-state index in [1.54, 1.807) is 0 Å². The molecule has 2 atom stereocenters. The van der Waals surface area contributed by atoms with Crippen LogP contribution >= 0.6 is 0 Å². The van der Waals surface area contributed by atoms with Crippen molar-refractivity contribution >= 4 is 0 Å². The maximum Gasteiger partial charge on any atom is 0.244 e. The first-order valence-corrected chi connectivity index (χ1v) is 8.77. The lowest BCUT2D eigenvalue weighted by Crippen LogP contribution is -2.53. The molecule has 0 bridgehead atoms. The molecule has 0 saturated heterocycles. The van der Waals surface area contributed by atoms with E-state index < -0.39 is 0 Å². The van der Waals surface area contributed by atoms with Crippen LogP contribution in [0.1, 0.15) is 81.1 Å². The van der Waals surface area contributed by atoms with Crippen molar-refractivity contribution in [3.63, 3.8) is 0 Å². The van der Waals surface area contributed by atoms with E-state index in [-0.39, 0.29) is 11.1 Å². The highest BCUT2D eigenvalue weighted by molar-refractivity contribution is 4.87. The summed E-state index contributed by atoms with van der Waals surface area (Å²) in [5.74, 6) is 1.44. The van der Waals surface area contributed by atoms with Crippen molar-refractivity contribution in [2.24, 2.45) is 11.8 Å². The third-order valence-corrected chi connectivity index (χ3v) is 5.10. The number of hydrogen-bond acceptors (Lipinski definition) is 0. The average molecular weight is 294 g/mol. The molecule has 0 N–H and O–H groups in total. The Morgan fingerprint density at radius 3 is 1.95 bits per heavy atom. The molecule has 0 aliphatic rings. The maximum absolute atomic E-state index is 2.45. The lowest BCUT2D eigenvalue weighted by Gasteiger charge is -2.29. The normalized spacial score (nSPS) is 18.0. The van der Waals surface area contributed by atoms with E-state index in [0.29, 0.717) is 0 Å². The summed E-state index contributed by atoms with van der Waals surface area (Å²) < 4.78 is 4.89. The Morgan fingerprint density at radius 1 is 0.952 bits per heavy atom. The summed E-state index contributed by atoms with van der Waals surface area (Å²) in [6.07, 6.45) is 11.7. The molecule has 0 radical (unpaired) electrons. The minimum Gasteiger partial charge on any atom is -0.232 e. The van der Waals surface area contributed by atoms with Gasteiger partial charge in [0.2, 0.25) is 6.33 Å². The van der Waals surface area contributed by atoms with E-state index in [1.807, 2.05) is 0 Å². The number of rotatable bonds is 8. The molecule has 0 aliphatic heterocycles. The fourth-order valence-corrected chi connectivity index (χ4v) is 3.62. The molecule has 21 heavy (non-hydrogen) atoms. The highest BCUT2D eigenvalue weighted by atomic mass is 15.2. The molecule has 122 valence electrons. The summed E-state index contributed by atoms with van der Waals surface area (Å²) in [5, 5.41) is 0. The summed E-state index contributed by atoms with van der Waals surface area (Å²) in [4.78, 5) is 0. The van der Waals surface area contributed by atoms with Crippen molar-refractivity contribution < 1.29 is 4.57 Å². The largest absolute Gasteiger partial charge is 0.244 e. The summed E-state index contributed by atoms with van der Waals surface area (Å²) in [6.45, 7) is 18.7. The maximum atomic E-state index is 2.45. The molecule has 1 heterocycles. The van der Waals surface area contributed by atoms with Crippen LogP contribution in [0.4, 0.5) is 0 Å². The molecule has 2 heteroatoms. The summed E-state index contributed by atoms with van der Waals surface area (Å²) in [6, 6.07) is 0. The van der Waals surface area contributed by atoms with E-state index in [4.69, 9.17) is 0 Å². The predicted molar refractivity (Wildman–Crippen MR) is 91.4 cm³/mol. The Morgan fingerprint density at radius 2 is 1.52 bits per heavy atom. The van der Waals surface area contributed by atoms with Crippen LogP contribution in [0.25, 0.3) is 0 Å². The first kappa shape index (κ1) is 18.3. The highest BCUT2D eigenvalue weighted by Crippen LogP contribution is 2.29. The summed E-state index contributed by atoms with van der Waals surface area (Å²) >= 11 is 0. The van der Waals surface area contributed by atoms with Gasteiger partial charge in [0.15, 0.2) is 0 Å². The van der Waals surface area contributed by atoms with Crippen LogP contribution < -0.4 is 4.57 Å². The lowest BCUT2D eigenvalue weighted by molar-refractivity contribution is -0.763. The van der Waals surface area contributed by atoms with Gasteiger partial charge in [0.05, 0.1) is 0 Å². The zero-order valence-electron chi connectivity index (χ0n) is 15.6. The van der Waals surface area contributed by atoms with E-state index >= 15 is 0 Å². The van der Waals surface area contributed by atoms with Crippen molar-refractivity contribution in [2.75, 3.05) is 0 Å². The third kappa shape index (κ3) is 4.34. The monoisotopic (exact) mass is 293 g/mol. The SMILES string of the molecule is CCC(C)(CC(C)C)n1cc[n+](C(C)(CC)CC(C)C)c1. The summed E-state index contributed by atoms with van der Waals surface area (Å²) in [7, 11) is 0. The van der Waals surface area contributed by atoms with Crippen molar-refractivity contribution in [1.29, 1.82) is 0 Å². The van der Waals surface area contributed by atoms with Crippen LogP contribution in [0.3, 0.4) is 0 Å². The predicted octanol–water partition coefficient (Wildman–Crippen LogP) is 5.12. The van der Waals surface area contributed by atoms with Crippen LogP contribution in [0.5, 0.6) is 0 Å². The fourth-order valence-electron chi connectivity index (χ4n) is 3.62. The topological polar surface area (TPSA) is 8.81 Å². The molecule has 0 fully saturated rings. The standard InChI is InChI=1S/C19H37N2/c1-9-18(7,13-16(3)4)20-11-12-21(15-20)19(8,10-2)14-17(5)6/h11-12,15-17H,9-10,13-14H2,1-8H3/q+1. The molecule has 1 aromatic rings. The minimum absolute atomic E-state index is 0.228. The number of imidazole rings is 1. The van der Waals surface area contributed by atoms with Gasteiger partial charge >= 0.3 is 0 Å². The van der Waals surface area contributed by atoms with E-state index in [0.717, 1.165) is 11.8 Å². The quantitative estimate of drug-likeness (QED) is 0.588. The summed E-state index contributed by atoms with van der Waals surface area (Å²) in [5.41, 5.74) is 0.456. The van der Waals surface area contributed by atoms with Gasteiger partial charge in [-0.2, -0.15) is 0 Å². The molecule has 2 unspecified atom stereocenters. The molecule has 0 aliphatic carbocycles. The molecule has 0 amide bonds. The van der Waals surface area contributed by atoms with Crippen molar-refractivity contribution in [1.82, 2.24) is 4.57 Å². The second-order valence-electron chi connectivity index (χ2n) is 8.13. The molecule has 2 nitrogen and oxygen atoms in total. The number of nitrogens with zero attached hydrogens (tertiary/aromatic N) is 2. The van der Waals surface area contributed by atoms with Crippen LogP contribution in [0.15, 0.2) is 18.7 Å². The zero-order chi connectivity index (χ0) is 16.3. The average Bonchev–Trinajstić information content (AvgIpc) is 2.87. The van der Waals surface area contributed by atoms with Gasteiger partial charge in [-0.3, -0.25) is 0 Å². The highest BCUT2D eigenvalue weighted by Gasteiger charge is 2.35. The Bertz CT molecular complexity index is 394. The Hall–Kier alpha value is -0.790. The van der Waals surface area contributed by atoms with Gasteiger partial charge in [0, 0.05) is 0 Å². The molecule has 0 saturated carbocycles. The van der Waals surface area contributed by atoms with Gasteiger partial charge < -0.3 is 0 Å². The van der Waals surface area contributed by atoms with Gasteiger partial charge in [-0.15, -0.1) is 0 Å². The van der Waals surface area contributed by atoms with Gasteiger partial charge in [-0.1, -0.05) is 41.5 Å². The minimum atomic E-state index is 0.228.